The van der Waals surface area contributed by atoms with Gasteiger partial charge in [-0.3, -0.25) is 14.3 Å². The van der Waals surface area contributed by atoms with Crippen LogP contribution in [0.2, 0.25) is 5.02 Å². The highest BCUT2D eigenvalue weighted by molar-refractivity contribution is 7.85. The van der Waals surface area contributed by atoms with Crippen LogP contribution in [0.4, 0.5) is 0 Å². The molecule has 3 aromatic rings. The molecule has 182 valence electrons. The first-order valence-electron chi connectivity index (χ1n) is 10.2. The normalized spacial score (nSPS) is 12.9. The number of aromatic nitrogens is 3. The fraction of sp³-hybridized carbons (Fsp3) is 0.286. The van der Waals surface area contributed by atoms with Gasteiger partial charge >= 0.3 is 16.3 Å². The first-order valence-corrected chi connectivity index (χ1v) is 12.0. The number of esters is 1. The molecule has 0 saturated carbocycles. The van der Waals surface area contributed by atoms with Gasteiger partial charge in [0.1, 0.15) is 11.9 Å². The molecule has 1 aromatic carbocycles. The maximum absolute atomic E-state index is 12.3. The largest absolute Gasteiger partial charge is 0.465 e. The topological polar surface area (TPSA) is 134 Å². The minimum atomic E-state index is -4.53. The number of ether oxygens (including phenoxy) is 1. The van der Waals surface area contributed by atoms with Crippen LogP contribution in [0.15, 0.2) is 36.5 Å². The molecule has 3 rings (SSSR count). The van der Waals surface area contributed by atoms with Crippen molar-refractivity contribution in [2.24, 2.45) is 7.05 Å². The van der Waals surface area contributed by atoms with Gasteiger partial charge in [0.15, 0.2) is 0 Å². The summed E-state index contributed by atoms with van der Waals surface area (Å²) >= 11 is 6.08. The van der Waals surface area contributed by atoms with E-state index >= 15 is 0 Å². The molecule has 0 saturated heterocycles. The molecule has 34 heavy (non-hydrogen) atoms. The summed E-state index contributed by atoms with van der Waals surface area (Å²) in [7, 11) is -2.77. The van der Waals surface area contributed by atoms with Crippen molar-refractivity contribution in [2.75, 3.05) is 6.61 Å². The summed E-state index contributed by atoms with van der Waals surface area (Å²) in [5.74, 6) is -0.991. The molecule has 1 atom stereocenters. The molecule has 0 aliphatic rings. The predicted molar refractivity (Wildman–Crippen MR) is 126 cm³/mol. The second-order valence-corrected chi connectivity index (χ2v) is 8.98. The van der Waals surface area contributed by atoms with Gasteiger partial charge in [0.25, 0.3) is 5.91 Å². The third-order valence-electron chi connectivity index (χ3n) is 4.72. The monoisotopic (exact) mass is 509 g/mol. The van der Waals surface area contributed by atoms with Crippen molar-refractivity contribution in [3.05, 3.63) is 52.8 Å². The number of hydrogen-bond donors (Lipinski definition) is 2. The van der Waals surface area contributed by atoms with Gasteiger partial charge in [-0.25, -0.2) is 4.72 Å². The number of benzene rings is 1. The molecule has 13 heteroatoms. The molecule has 2 aromatic heterocycles. The molecule has 0 bridgehead atoms. The van der Waals surface area contributed by atoms with Gasteiger partial charge in [0, 0.05) is 35.3 Å². The van der Waals surface area contributed by atoms with Crippen molar-refractivity contribution in [3.8, 4) is 5.82 Å². The average molecular weight is 510 g/mol. The SMILES string of the molecule is CCOC(=O)[C@H](C)NOS(=O)(=O)NC(=O)/C=C/c1c(C)nn(C)c1-n1ccc2cc(Cl)ccc21. The van der Waals surface area contributed by atoms with Crippen LogP contribution < -0.4 is 10.2 Å². The van der Waals surface area contributed by atoms with Gasteiger partial charge in [-0.15, -0.1) is 0 Å². The van der Waals surface area contributed by atoms with Crippen molar-refractivity contribution in [3.63, 3.8) is 0 Å². The van der Waals surface area contributed by atoms with Crippen molar-refractivity contribution >= 4 is 50.8 Å². The van der Waals surface area contributed by atoms with Gasteiger partial charge < -0.3 is 9.30 Å². The average Bonchev–Trinajstić information content (AvgIpc) is 3.28. The van der Waals surface area contributed by atoms with Crippen LogP contribution in [0.1, 0.15) is 25.1 Å². The Labute approximate surface area is 201 Å². The van der Waals surface area contributed by atoms with Gasteiger partial charge in [-0.2, -0.15) is 23.3 Å². The van der Waals surface area contributed by atoms with Crippen LogP contribution in [0.25, 0.3) is 22.8 Å². The van der Waals surface area contributed by atoms with Gasteiger partial charge in [0.05, 0.1) is 17.8 Å². The van der Waals surface area contributed by atoms with Gasteiger partial charge in [0.2, 0.25) is 0 Å². The molecule has 2 heterocycles. The Morgan fingerprint density at radius 2 is 2.03 bits per heavy atom. The molecule has 11 nitrogen and oxygen atoms in total. The second kappa shape index (κ2) is 10.4. The zero-order chi connectivity index (χ0) is 25.0. The van der Waals surface area contributed by atoms with Crippen molar-refractivity contribution in [1.82, 2.24) is 24.5 Å². The Balaban J connectivity index is 1.77. The van der Waals surface area contributed by atoms with Gasteiger partial charge in [-0.05, 0) is 51.1 Å². The van der Waals surface area contributed by atoms with E-state index in [2.05, 4.69) is 9.38 Å². The first kappa shape index (κ1) is 25.4. The third kappa shape index (κ3) is 5.83. The number of amides is 1. The van der Waals surface area contributed by atoms with E-state index in [1.165, 1.54) is 13.0 Å². The fourth-order valence-corrected chi connectivity index (χ4v) is 4.04. The number of carbonyl (C=O) groups is 2. The molecule has 0 fully saturated rings. The number of nitrogens with one attached hydrogen (secondary N) is 2. The highest BCUT2D eigenvalue weighted by Gasteiger charge is 2.20. The lowest BCUT2D eigenvalue weighted by molar-refractivity contribution is -0.147. The lowest BCUT2D eigenvalue weighted by atomic mass is 10.2. The molecular weight excluding hydrogens is 486 g/mol. The van der Waals surface area contributed by atoms with Crippen LogP contribution in [0.5, 0.6) is 0 Å². The molecule has 0 aliphatic carbocycles. The number of hydroxylamine groups is 1. The summed E-state index contributed by atoms with van der Waals surface area (Å²) in [6.07, 6.45) is 4.36. The van der Waals surface area contributed by atoms with Crippen LogP contribution in [0, 0.1) is 6.92 Å². The number of halogens is 1. The summed E-state index contributed by atoms with van der Waals surface area (Å²) in [5.41, 5.74) is 4.13. The predicted octanol–water partition coefficient (Wildman–Crippen LogP) is 2.17. The molecule has 0 unspecified atom stereocenters. The van der Waals surface area contributed by atoms with Crippen molar-refractivity contribution in [1.29, 1.82) is 0 Å². The van der Waals surface area contributed by atoms with E-state index in [4.69, 9.17) is 16.3 Å². The Morgan fingerprint density at radius 3 is 2.74 bits per heavy atom. The zero-order valence-corrected chi connectivity index (χ0v) is 20.5. The Hall–Kier alpha value is -3.19. The molecule has 0 radical (unpaired) electrons. The molecule has 1 amide bonds. The Bertz CT molecular complexity index is 1360. The zero-order valence-electron chi connectivity index (χ0n) is 18.9. The fourth-order valence-electron chi connectivity index (χ4n) is 3.23. The van der Waals surface area contributed by atoms with Crippen molar-refractivity contribution in [2.45, 2.75) is 26.8 Å². The number of nitrogens with zero attached hydrogens (tertiary/aromatic N) is 3. The van der Waals surface area contributed by atoms with E-state index in [-0.39, 0.29) is 6.61 Å². The van der Waals surface area contributed by atoms with Crippen LogP contribution in [-0.2, 0) is 36.0 Å². The van der Waals surface area contributed by atoms with E-state index in [1.54, 1.807) is 36.4 Å². The number of aryl methyl sites for hydroxylation is 2. The molecule has 2 N–H and O–H groups in total. The number of fused-ring (bicyclic) bond motifs is 1. The summed E-state index contributed by atoms with van der Waals surface area (Å²) in [4.78, 5) is 23.8. The van der Waals surface area contributed by atoms with Crippen LogP contribution in [-0.4, -0.2) is 47.3 Å². The first-order chi connectivity index (χ1) is 16.0. The maximum Gasteiger partial charge on any atom is 0.378 e. The van der Waals surface area contributed by atoms with Crippen LogP contribution in [0.3, 0.4) is 0 Å². The summed E-state index contributed by atoms with van der Waals surface area (Å²) in [5, 5.41) is 5.95. The van der Waals surface area contributed by atoms with Crippen molar-refractivity contribution < 1.29 is 27.0 Å². The quantitative estimate of drug-likeness (QED) is 0.255. The van der Waals surface area contributed by atoms with Crippen LogP contribution >= 0.6 is 11.6 Å². The summed E-state index contributed by atoms with van der Waals surface area (Å²) in [6.45, 7) is 4.85. The number of carbonyl (C=O) groups excluding carboxylic acids is 2. The Morgan fingerprint density at radius 1 is 1.29 bits per heavy atom. The maximum atomic E-state index is 12.3. The van der Waals surface area contributed by atoms with E-state index in [9.17, 15) is 18.0 Å². The Kier molecular flexibility index (Phi) is 7.77. The standard InChI is InChI=1S/C21H24ClN5O6S/c1-5-32-21(29)14(3)24-33-34(30,31)25-19(28)9-7-17-13(2)23-26(4)20(17)27-11-10-15-12-16(22)6-8-18(15)27/h6-12,14,24H,5H2,1-4H3,(H,25,28)/b9-7+/t14-/m0/s1. The lowest BCUT2D eigenvalue weighted by Crippen LogP contribution is -2.41. The van der Waals surface area contributed by atoms with E-state index in [0.717, 1.165) is 17.0 Å². The number of rotatable bonds is 9. The highest BCUT2D eigenvalue weighted by Crippen LogP contribution is 2.27. The molecule has 0 spiro atoms. The second-order valence-electron chi connectivity index (χ2n) is 7.26. The lowest BCUT2D eigenvalue weighted by Gasteiger charge is -2.12. The number of hydrogen-bond acceptors (Lipinski definition) is 8. The molecule has 0 aliphatic heterocycles. The summed E-state index contributed by atoms with van der Waals surface area (Å²) in [6, 6.07) is 6.32. The third-order valence-corrected chi connectivity index (χ3v) is 5.72. The van der Waals surface area contributed by atoms with E-state index in [1.807, 2.05) is 34.4 Å². The van der Waals surface area contributed by atoms with E-state index in [0.29, 0.717) is 22.1 Å². The minimum absolute atomic E-state index is 0.126. The molecular formula is C21H24ClN5O6S. The highest BCUT2D eigenvalue weighted by atomic mass is 35.5. The van der Waals surface area contributed by atoms with Gasteiger partial charge in [-0.1, -0.05) is 11.6 Å². The smallest absolute Gasteiger partial charge is 0.378 e. The van der Waals surface area contributed by atoms with E-state index < -0.39 is 28.2 Å². The summed E-state index contributed by atoms with van der Waals surface area (Å²) < 4.78 is 38.5. The minimum Gasteiger partial charge on any atom is -0.465 e.